The Balaban J connectivity index is 1.67. The van der Waals surface area contributed by atoms with Gasteiger partial charge in [-0.05, 0) is 31.2 Å². The van der Waals surface area contributed by atoms with Gasteiger partial charge in [0.25, 0.3) is 5.91 Å². The number of carbonyl (C=O) groups excluding carboxylic acids is 1. The minimum Gasteiger partial charge on any atom is -0.382 e. The summed E-state index contributed by atoms with van der Waals surface area (Å²) in [5.41, 5.74) is 8.12. The Morgan fingerprint density at radius 3 is 2.80 bits per heavy atom. The molecule has 0 saturated carbocycles. The van der Waals surface area contributed by atoms with Crippen LogP contribution in [0.1, 0.15) is 55.5 Å². The van der Waals surface area contributed by atoms with E-state index < -0.39 is 0 Å². The number of likely N-dealkylation sites (tertiary alicyclic amines) is 1. The molecule has 3 heterocycles. The number of rotatable bonds is 3. The van der Waals surface area contributed by atoms with Gasteiger partial charge in [0.2, 0.25) is 0 Å². The number of amides is 1. The van der Waals surface area contributed by atoms with Crippen LogP contribution in [0, 0.1) is 5.92 Å². The van der Waals surface area contributed by atoms with Crippen LogP contribution in [0.25, 0.3) is 0 Å². The molecular formula is C18H26N6O. The molecule has 2 aromatic rings. The summed E-state index contributed by atoms with van der Waals surface area (Å²) in [5.74, 6) is 0.814. The summed E-state index contributed by atoms with van der Waals surface area (Å²) in [5, 5.41) is 7.21. The Morgan fingerprint density at radius 1 is 1.36 bits per heavy atom. The second-order valence-corrected chi connectivity index (χ2v) is 7.77. The van der Waals surface area contributed by atoms with Crippen LogP contribution in [0.15, 0.2) is 18.5 Å². The van der Waals surface area contributed by atoms with Gasteiger partial charge >= 0.3 is 0 Å². The van der Waals surface area contributed by atoms with Crippen molar-refractivity contribution in [1.29, 1.82) is 0 Å². The van der Waals surface area contributed by atoms with Crippen molar-refractivity contribution in [3.8, 4) is 0 Å². The summed E-state index contributed by atoms with van der Waals surface area (Å²) in [6, 6.07) is 1.87. The van der Waals surface area contributed by atoms with E-state index in [2.05, 4.69) is 40.9 Å². The zero-order chi connectivity index (χ0) is 18.0. The molecule has 2 aromatic heterocycles. The van der Waals surface area contributed by atoms with E-state index >= 15 is 0 Å². The number of nitrogen functional groups attached to an aromatic ring is 1. The van der Waals surface area contributed by atoms with E-state index in [0.29, 0.717) is 24.0 Å². The number of hydrogen-bond donors (Lipinski definition) is 2. The molecule has 0 spiro atoms. The molecule has 0 aliphatic carbocycles. The first kappa shape index (κ1) is 17.4. The van der Waals surface area contributed by atoms with Crippen LogP contribution in [0.2, 0.25) is 0 Å². The number of carbonyl (C=O) groups is 1. The number of H-pyrrole nitrogens is 1. The maximum absolute atomic E-state index is 12.8. The molecule has 1 saturated heterocycles. The van der Waals surface area contributed by atoms with E-state index in [0.717, 1.165) is 37.2 Å². The van der Waals surface area contributed by atoms with Gasteiger partial charge in [0.15, 0.2) is 0 Å². The van der Waals surface area contributed by atoms with Crippen LogP contribution in [-0.4, -0.2) is 44.1 Å². The van der Waals surface area contributed by atoms with Crippen LogP contribution in [0.5, 0.6) is 0 Å². The van der Waals surface area contributed by atoms with Gasteiger partial charge in [0.1, 0.15) is 11.5 Å². The highest BCUT2D eigenvalue weighted by atomic mass is 16.2. The van der Waals surface area contributed by atoms with Crippen molar-refractivity contribution in [3.63, 3.8) is 0 Å². The third-order valence-corrected chi connectivity index (χ3v) is 4.70. The molecule has 1 amide bonds. The molecular weight excluding hydrogens is 316 g/mol. The highest BCUT2D eigenvalue weighted by Gasteiger charge is 2.28. The van der Waals surface area contributed by atoms with Crippen LogP contribution in [-0.2, 0) is 11.8 Å². The molecule has 1 aliphatic rings. The second kappa shape index (κ2) is 6.82. The van der Waals surface area contributed by atoms with Crippen molar-refractivity contribution in [1.82, 2.24) is 25.1 Å². The number of nitrogens with zero attached hydrogens (tertiary/aromatic N) is 4. The summed E-state index contributed by atoms with van der Waals surface area (Å²) in [6.07, 6.45) is 6.05. The minimum atomic E-state index is -0.0561. The highest BCUT2D eigenvalue weighted by molar-refractivity contribution is 5.92. The maximum atomic E-state index is 12.8. The van der Waals surface area contributed by atoms with Gasteiger partial charge < -0.3 is 10.6 Å². The Hall–Kier alpha value is -2.44. The van der Waals surface area contributed by atoms with Crippen LogP contribution in [0.4, 0.5) is 5.82 Å². The minimum absolute atomic E-state index is 0.0106. The molecule has 0 unspecified atom stereocenters. The summed E-state index contributed by atoms with van der Waals surface area (Å²) >= 11 is 0. The van der Waals surface area contributed by atoms with Gasteiger partial charge in [-0.25, -0.2) is 4.98 Å². The van der Waals surface area contributed by atoms with Crippen molar-refractivity contribution in [2.24, 2.45) is 5.92 Å². The summed E-state index contributed by atoms with van der Waals surface area (Å²) in [4.78, 5) is 23.1. The predicted molar refractivity (Wildman–Crippen MR) is 96.1 cm³/mol. The smallest absolute Gasteiger partial charge is 0.274 e. The molecule has 0 aromatic carbocycles. The molecule has 134 valence electrons. The van der Waals surface area contributed by atoms with Crippen molar-refractivity contribution in [2.75, 3.05) is 18.8 Å². The highest BCUT2D eigenvalue weighted by Crippen LogP contribution is 2.24. The Bertz CT molecular complexity index is 748. The molecule has 3 rings (SSSR count). The van der Waals surface area contributed by atoms with Gasteiger partial charge in [-0.2, -0.15) is 5.10 Å². The van der Waals surface area contributed by atoms with Gasteiger partial charge in [-0.1, -0.05) is 20.8 Å². The molecule has 25 heavy (non-hydrogen) atoms. The third-order valence-electron chi connectivity index (χ3n) is 4.70. The number of nitrogens with one attached hydrogen (secondary N) is 1. The lowest BCUT2D eigenvalue weighted by atomic mass is 9.91. The quantitative estimate of drug-likeness (QED) is 0.890. The van der Waals surface area contributed by atoms with Crippen molar-refractivity contribution in [3.05, 3.63) is 35.5 Å². The Labute approximate surface area is 148 Å². The van der Waals surface area contributed by atoms with Gasteiger partial charge in [0.05, 0.1) is 5.69 Å². The fourth-order valence-corrected chi connectivity index (χ4v) is 3.20. The average molecular weight is 342 g/mol. The van der Waals surface area contributed by atoms with E-state index in [1.54, 1.807) is 12.4 Å². The number of aromatic nitrogens is 4. The first-order valence-electron chi connectivity index (χ1n) is 8.75. The molecule has 7 nitrogen and oxygen atoms in total. The monoisotopic (exact) mass is 342 g/mol. The lowest BCUT2D eigenvalue weighted by Gasteiger charge is -2.32. The summed E-state index contributed by atoms with van der Waals surface area (Å²) in [7, 11) is 0. The van der Waals surface area contributed by atoms with Crippen molar-refractivity contribution >= 4 is 11.7 Å². The van der Waals surface area contributed by atoms with Gasteiger partial charge in [0, 0.05) is 36.6 Å². The standard InChI is InChI=1S/C18H26N6O/c1-18(2,3)15-10-14(22-23-15)17(25)24-8-4-5-12(11-24)9-13-16(19)21-7-6-20-13/h6-7,10,12H,4-5,8-9,11H2,1-3H3,(H2,19,21)(H,22,23)/t12-/m1/s1. The number of piperidine rings is 1. The first-order valence-corrected chi connectivity index (χ1v) is 8.75. The lowest BCUT2D eigenvalue weighted by molar-refractivity contribution is 0.0667. The van der Waals surface area contributed by atoms with E-state index in [9.17, 15) is 4.79 Å². The second-order valence-electron chi connectivity index (χ2n) is 7.77. The Kier molecular flexibility index (Phi) is 4.74. The van der Waals surface area contributed by atoms with Crippen LogP contribution in [0.3, 0.4) is 0 Å². The summed E-state index contributed by atoms with van der Waals surface area (Å²) < 4.78 is 0. The summed E-state index contributed by atoms with van der Waals surface area (Å²) in [6.45, 7) is 7.75. The van der Waals surface area contributed by atoms with Gasteiger partial charge in [-0.3, -0.25) is 14.9 Å². The molecule has 7 heteroatoms. The van der Waals surface area contributed by atoms with Crippen molar-refractivity contribution in [2.45, 2.75) is 45.4 Å². The van der Waals surface area contributed by atoms with E-state index in [-0.39, 0.29) is 11.3 Å². The Morgan fingerprint density at radius 2 is 2.12 bits per heavy atom. The number of nitrogens with two attached hydrogens (primary N) is 1. The largest absolute Gasteiger partial charge is 0.382 e. The number of aromatic amines is 1. The molecule has 0 bridgehead atoms. The predicted octanol–water partition coefficient (Wildman–Crippen LogP) is 2.17. The van der Waals surface area contributed by atoms with E-state index in [1.807, 2.05) is 11.0 Å². The molecule has 1 fully saturated rings. The van der Waals surface area contributed by atoms with Crippen LogP contribution >= 0.6 is 0 Å². The number of hydrogen-bond acceptors (Lipinski definition) is 5. The lowest BCUT2D eigenvalue weighted by Crippen LogP contribution is -2.40. The molecule has 0 radical (unpaired) electrons. The molecule has 1 aliphatic heterocycles. The molecule has 1 atom stereocenters. The van der Waals surface area contributed by atoms with Crippen LogP contribution < -0.4 is 5.73 Å². The average Bonchev–Trinajstić information content (AvgIpc) is 3.07. The van der Waals surface area contributed by atoms with E-state index in [4.69, 9.17) is 5.73 Å². The molecule has 3 N–H and O–H groups in total. The first-order chi connectivity index (χ1) is 11.8. The zero-order valence-corrected chi connectivity index (χ0v) is 15.1. The third kappa shape index (κ3) is 3.97. The SMILES string of the molecule is CC(C)(C)c1cc(C(=O)N2CCC[C@H](Cc3nccnc3N)C2)n[nH]1. The van der Waals surface area contributed by atoms with Crippen molar-refractivity contribution < 1.29 is 4.79 Å². The van der Waals surface area contributed by atoms with E-state index in [1.165, 1.54) is 0 Å². The fraction of sp³-hybridized carbons (Fsp3) is 0.556. The van der Waals surface area contributed by atoms with Gasteiger partial charge in [-0.15, -0.1) is 0 Å². The zero-order valence-electron chi connectivity index (χ0n) is 15.1. The fourth-order valence-electron chi connectivity index (χ4n) is 3.20. The normalized spacial score (nSPS) is 18.4. The maximum Gasteiger partial charge on any atom is 0.274 e. The number of anilines is 1. The topological polar surface area (TPSA) is 101 Å².